The molecule has 23 heavy (non-hydrogen) atoms. The average Bonchev–Trinajstić information content (AvgIpc) is 2.54. The van der Waals surface area contributed by atoms with Crippen LogP contribution in [-0.4, -0.2) is 24.3 Å². The van der Waals surface area contributed by atoms with E-state index in [1.165, 1.54) is 17.7 Å². The first-order valence-corrected chi connectivity index (χ1v) is 8.04. The van der Waals surface area contributed by atoms with E-state index in [2.05, 4.69) is 22.9 Å². The second-order valence-electron chi connectivity index (χ2n) is 5.28. The van der Waals surface area contributed by atoms with Crippen molar-refractivity contribution in [2.24, 2.45) is 0 Å². The van der Waals surface area contributed by atoms with Crippen molar-refractivity contribution in [3.8, 4) is 11.5 Å². The number of hydrogen-bond donors (Lipinski definition) is 1. The standard InChI is InChI=1S/C18H19BrO4/c1-11-10-16(12(2)13(3)17(11)19)23-9-8-22-15-6-4-14(5-7-15)18(20)21/h4-7,10H,8-9H2,1-3H3,(H,20,21). The zero-order chi connectivity index (χ0) is 17.0. The Bertz CT molecular complexity index is 708. The van der Waals surface area contributed by atoms with Gasteiger partial charge < -0.3 is 14.6 Å². The zero-order valence-electron chi connectivity index (χ0n) is 13.4. The number of aryl methyl sites for hydroxylation is 1. The van der Waals surface area contributed by atoms with Crippen LogP contribution in [-0.2, 0) is 0 Å². The van der Waals surface area contributed by atoms with Crippen LogP contribution in [0, 0.1) is 20.8 Å². The van der Waals surface area contributed by atoms with Gasteiger partial charge in [-0.25, -0.2) is 4.79 Å². The summed E-state index contributed by atoms with van der Waals surface area (Å²) in [5, 5.41) is 8.84. The molecule has 2 aromatic carbocycles. The molecular formula is C18H19BrO4. The maximum Gasteiger partial charge on any atom is 0.335 e. The van der Waals surface area contributed by atoms with E-state index in [4.69, 9.17) is 14.6 Å². The Kier molecular flexibility index (Phi) is 5.66. The summed E-state index contributed by atoms with van der Waals surface area (Å²) in [5.74, 6) is 0.530. The van der Waals surface area contributed by atoms with Gasteiger partial charge in [0.2, 0.25) is 0 Å². The lowest BCUT2D eigenvalue weighted by Gasteiger charge is -2.14. The van der Waals surface area contributed by atoms with Gasteiger partial charge in [0.25, 0.3) is 0 Å². The summed E-state index contributed by atoms with van der Waals surface area (Å²) in [5.41, 5.74) is 3.65. The molecule has 0 atom stereocenters. The number of carboxylic acid groups (broad SMARTS) is 1. The lowest BCUT2D eigenvalue weighted by atomic mass is 10.1. The largest absolute Gasteiger partial charge is 0.490 e. The van der Waals surface area contributed by atoms with Gasteiger partial charge >= 0.3 is 5.97 Å². The van der Waals surface area contributed by atoms with Gasteiger partial charge in [0.05, 0.1) is 5.56 Å². The Morgan fingerprint density at radius 2 is 1.65 bits per heavy atom. The summed E-state index contributed by atoms with van der Waals surface area (Å²) >= 11 is 3.57. The minimum atomic E-state index is -0.948. The summed E-state index contributed by atoms with van der Waals surface area (Å²) < 4.78 is 12.5. The van der Waals surface area contributed by atoms with Crippen LogP contribution >= 0.6 is 15.9 Å². The molecule has 0 bridgehead atoms. The smallest absolute Gasteiger partial charge is 0.335 e. The molecule has 0 fully saturated rings. The number of benzene rings is 2. The monoisotopic (exact) mass is 378 g/mol. The molecule has 0 aliphatic rings. The van der Waals surface area contributed by atoms with Crippen molar-refractivity contribution >= 4 is 21.9 Å². The summed E-state index contributed by atoms with van der Waals surface area (Å²) in [4.78, 5) is 10.8. The van der Waals surface area contributed by atoms with E-state index >= 15 is 0 Å². The van der Waals surface area contributed by atoms with E-state index in [0.29, 0.717) is 19.0 Å². The van der Waals surface area contributed by atoms with E-state index in [9.17, 15) is 4.79 Å². The zero-order valence-corrected chi connectivity index (χ0v) is 14.9. The molecule has 0 aliphatic carbocycles. The van der Waals surface area contributed by atoms with Crippen molar-refractivity contribution in [2.45, 2.75) is 20.8 Å². The topological polar surface area (TPSA) is 55.8 Å². The number of rotatable bonds is 6. The van der Waals surface area contributed by atoms with Gasteiger partial charge in [-0.15, -0.1) is 0 Å². The summed E-state index contributed by atoms with van der Waals surface area (Å²) in [6.07, 6.45) is 0. The van der Waals surface area contributed by atoms with Crippen molar-refractivity contribution in [1.82, 2.24) is 0 Å². The molecule has 0 unspecified atom stereocenters. The van der Waals surface area contributed by atoms with Crippen LogP contribution in [0.1, 0.15) is 27.0 Å². The molecule has 5 heteroatoms. The highest BCUT2D eigenvalue weighted by Crippen LogP contribution is 2.31. The quantitative estimate of drug-likeness (QED) is 0.750. The van der Waals surface area contributed by atoms with E-state index < -0.39 is 5.97 Å². The second-order valence-corrected chi connectivity index (χ2v) is 6.08. The maximum absolute atomic E-state index is 10.8. The Labute approximate surface area is 144 Å². The number of carbonyl (C=O) groups is 1. The minimum absolute atomic E-state index is 0.241. The fraction of sp³-hybridized carbons (Fsp3) is 0.278. The van der Waals surface area contributed by atoms with Crippen molar-refractivity contribution in [1.29, 1.82) is 0 Å². The first-order chi connectivity index (χ1) is 10.9. The van der Waals surface area contributed by atoms with Crippen molar-refractivity contribution < 1.29 is 19.4 Å². The number of ether oxygens (including phenoxy) is 2. The van der Waals surface area contributed by atoms with Crippen LogP contribution in [0.3, 0.4) is 0 Å². The third-order valence-corrected chi connectivity index (χ3v) is 4.89. The van der Waals surface area contributed by atoms with Crippen LogP contribution < -0.4 is 9.47 Å². The van der Waals surface area contributed by atoms with Crippen LogP contribution in [0.4, 0.5) is 0 Å². The molecule has 0 heterocycles. The van der Waals surface area contributed by atoms with Crippen molar-refractivity contribution in [2.75, 3.05) is 13.2 Å². The van der Waals surface area contributed by atoms with E-state index in [-0.39, 0.29) is 5.56 Å². The van der Waals surface area contributed by atoms with E-state index in [0.717, 1.165) is 21.3 Å². The van der Waals surface area contributed by atoms with Crippen LogP contribution in [0.2, 0.25) is 0 Å². The molecule has 122 valence electrons. The summed E-state index contributed by atoms with van der Waals surface area (Å²) in [7, 11) is 0. The Hall–Kier alpha value is -2.01. The minimum Gasteiger partial charge on any atom is -0.490 e. The molecule has 0 spiro atoms. The summed E-state index contributed by atoms with van der Waals surface area (Å²) in [6, 6.07) is 8.33. The SMILES string of the molecule is Cc1cc(OCCOc2ccc(C(=O)O)cc2)c(C)c(C)c1Br. The lowest BCUT2D eigenvalue weighted by Crippen LogP contribution is -2.10. The Morgan fingerprint density at radius 1 is 1.04 bits per heavy atom. The second kappa shape index (κ2) is 7.51. The van der Waals surface area contributed by atoms with Gasteiger partial charge in [0.15, 0.2) is 0 Å². The molecule has 0 radical (unpaired) electrons. The third kappa shape index (κ3) is 4.26. The van der Waals surface area contributed by atoms with Gasteiger partial charge in [-0.05, 0) is 67.8 Å². The fourth-order valence-corrected chi connectivity index (χ4v) is 2.58. The number of halogens is 1. The highest BCUT2D eigenvalue weighted by atomic mass is 79.9. The van der Waals surface area contributed by atoms with Gasteiger partial charge in [0.1, 0.15) is 24.7 Å². The molecule has 0 saturated heterocycles. The van der Waals surface area contributed by atoms with Gasteiger partial charge in [0, 0.05) is 4.47 Å². The molecule has 2 rings (SSSR count). The maximum atomic E-state index is 10.8. The first kappa shape index (κ1) is 17.3. The van der Waals surface area contributed by atoms with Gasteiger partial charge in [-0.1, -0.05) is 15.9 Å². The number of carboxylic acids is 1. The molecule has 0 aliphatic heterocycles. The van der Waals surface area contributed by atoms with Crippen LogP contribution in [0.25, 0.3) is 0 Å². The van der Waals surface area contributed by atoms with Crippen molar-refractivity contribution in [3.05, 3.63) is 57.1 Å². The van der Waals surface area contributed by atoms with Gasteiger partial charge in [-0.2, -0.15) is 0 Å². The predicted molar refractivity (Wildman–Crippen MR) is 92.7 cm³/mol. The molecule has 0 saturated carbocycles. The van der Waals surface area contributed by atoms with E-state index in [1.807, 2.05) is 19.9 Å². The fourth-order valence-electron chi connectivity index (χ4n) is 2.17. The van der Waals surface area contributed by atoms with E-state index in [1.54, 1.807) is 12.1 Å². The molecule has 1 N–H and O–H groups in total. The normalized spacial score (nSPS) is 10.4. The number of hydrogen-bond acceptors (Lipinski definition) is 3. The lowest BCUT2D eigenvalue weighted by molar-refractivity contribution is 0.0697. The van der Waals surface area contributed by atoms with Gasteiger partial charge in [-0.3, -0.25) is 0 Å². The molecule has 2 aromatic rings. The van der Waals surface area contributed by atoms with Crippen LogP contribution in [0.15, 0.2) is 34.8 Å². The van der Waals surface area contributed by atoms with Crippen LogP contribution in [0.5, 0.6) is 11.5 Å². The first-order valence-electron chi connectivity index (χ1n) is 7.25. The highest BCUT2D eigenvalue weighted by Gasteiger charge is 2.09. The molecule has 0 aromatic heterocycles. The highest BCUT2D eigenvalue weighted by molar-refractivity contribution is 9.10. The number of aromatic carboxylic acids is 1. The van der Waals surface area contributed by atoms with Crippen molar-refractivity contribution in [3.63, 3.8) is 0 Å². The molecular weight excluding hydrogens is 360 g/mol. The Balaban J connectivity index is 1.89. The third-order valence-electron chi connectivity index (χ3n) is 3.67. The average molecular weight is 379 g/mol. The molecule has 0 amide bonds. The predicted octanol–water partition coefficient (Wildman–Crippen LogP) is 4.53. The molecule has 4 nitrogen and oxygen atoms in total. The Morgan fingerprint density at radius 3 is 2.26 bits per heavy atom. The summed E-state index contributed by atoms with van der Waals surface area (Å²) in [6.45, 7) is 6.92.